The zero-order chi connectivity index (χ0) is 10.3. The Balaban J connectivity index is 1.92. The molecule has 0 atom stereocenters. The van der Waals surface area contributed by atoms with Crippen LogP contribution < -0.4 is 0 Å². The van der Waals surface area contributed by atoms with Crippen LogP contribution in [0.5, 0.6) is 0 Å². The highest BCUT2D eigenvalue weighted by Gasteiger charge is 2.03. The van der Waals surface area contributed by atoms with E-state index < -0.39 is 0 Å². The fraction of sp³-hybridized carbons (Fsp3) is 0.200. The largest absolute Gasteiger partial charge is 0.297 e. The molecule has 0 unspecified atom stereocenters. The molecule has 0 aliphatic rings. The average molecular weight is 218 g/mol. The van der Waals surface area contributed by atoms with E-state index in [2.05, 4.69) is 10.1 Å². The van der Waals surface area contributed by atoms with Crippen LogP contribution >= 0.6 is 11.3 Å². The Kier molecular flexibility index (Phi) is 1.85. The number of thiazole rings is 1. The Morgan fingerprint density at radius 2 is 2.33 bits per heavy atom. The summed E-state index contributed by atoms with van der Waals surface area (Å²) in [6.07, 6.45) is 6.04. The lowest BCUT2D eigenvalue weighted by atomic mass is 10.5. The summed E-state index contributed by atoms with van der Waals surface area (Å²) in [5.41, 5.74) is 2.08. The quantitative estimate of drug-likeness (QED) is 0.659. The second-order valence-corrected chi connectivity index (χ2v) is 4.35. The molecule has 0 saturated heterocycles. The van der Waals surface area contributed by atoms with Gasteiger partial charge in [0.2, 0.25) is 0 Å². The Hall–Kier alpha value is -1.62. The minimum Gasteiger partial charge on any atom is -0.297 e. The van der Waals surface area contributed by atoms with E-state index in [-0.39, 0.29) is 0 Å². The number of nitrogens with zero attached hydrogens (tertiary/aromatic N) is 4. The number of hydrogen-bond acceptors (Lipinski definition) is 3. The summed E-state index contributed by atoms with van der Waals surface area (Å²) < 4.78 is 3.94. The van der Waals surface area contributed by atoms with E-state index in [1.807, 2.05) is 46.0 Å². The lowest BCUT2D eigenvalue weighted by Gasteiger charge is -1.95. The van der Waals surface area contributed by atoms with Crippen molar-refractivity contribution in [1.29, 1.82) is 0 Å². The van der Waals surface area contributed by atoms with Gasteiger partial charge >= 0.3 is 0 Å². The molecule has 0 bridgehead atoms. The summed E-state index contributed by atoms with van der Waals surface area (Å²) >= 11 is 1.65. The highest BCUT2D eigenvalue weighted by molar-refractivity contribution is 7.15. The predicted octanol–water partition coefficient (Wildman–Crippen LogP) is 1.95. The van der Waals surface area contributed by atoms with E-state index in [9.17, 15) is 0 Å². The topological polar surface area (TPSA) is 35.1 Å². The summed E-state index contributed by atoms with van der Waals surface area (Å²) in [5.74, 6) is 0. The molecule has 5 heteroatoms. The molecule has 0 spiro atoms. The van der Waals surface area contributed by atoms with Crippen molar-refractivity contribution in [3.8, 4) is 0 Å². The van der Waals surface area contributed by atoms with Crippen molar-refractivity contribution >= 4 is 16.3 Å². The van der Waals surface area contributed by atoms with Crippen molar-refractivity contribution < 1.29 is 0 Å². The molecule has 0 aliphatic heterocycles. The average Bonchev–Trinajstić information content (AvgIpc) is 2.81. The molecule has 0 N–H and O–H groups in total. The molecule has 0 saturated carbocycles. The standard InChI is InChI=1S/C10H10N4S/c1-8-2-3-14(12-8)7-9-6-13-4-5-15-10(13)11-9/h2-6H,7H2,1H3. The van der Waals surface area contributed by atoms with Gasteiger partial charge in [0.05, 0.1) is 17.9 Å². The van der Waals surface area contributed by atoms with Crippen LogP contribution in [0.25, 0.3) is 4.96 Å². The van der Waals surface area contributed by atoms with Gasteiger partial charge < -0.3 is 0 Å². The van der Waals surface area contributed by atoms with Gasteiger partial charge in [-0.15, -0.1) is 11.3 Å². The van der Waals surface area contributed by atoms with Crippen molar-refractivity contribution in [2.45, 2.75) is 13.5 Å². The van der Waals surface area contributed by atoms with E-state index in [0.29, 0.717) is 0 Å². The third-order valence-corrected chi connectivity index (χ3v) is 3.01. The molecule has 76 valence electrons. The number of hydrogen-bond donors (Lipinski definition) is 0. The van der Waals surface area contributed by atoms with Crippen molar-refractivity contribution in [2.24, 2.45) is 0 Å². The molecule has 0 aromatic carbocycles. The molecule has 0 amide bonds. The number of aryl methyl sites for hydroxylation is 1. The molecule has 15 heavy (non-hydrogen) atoms. The Bertz CT molecular complexity index is 561. The lowest BCUT2D eigenvalue weighted by Crippen LogP contribution is -2.00. The molecule has 3 aromatic heterocycles. The van der Waals surface area contributed by atoms with Crippen LogP contribution in [0.2, 0.25) is 0 Å². The molecule has 0 fully saturated rings. The monoisotopic (exact) mass is 218 g/mol. The molecule has 3 aromatic rings. The van der Waals surface area contributed by atoms with Crippen molar-refractivity contribution in [1.82, 2.24) is 19.2 Å². The third-order valence-electron chi connectivity index (χ3n) is 2.24. The molecule has 4 nitrogen and oxygen atoms in total. The maximum Gasteiger partial charge on any atom is 0.193 e. The Morgan fingerprint density at radius 1 is 1.40 bits per heavy atom. The second-order valence-electron chi connectivity index (χ2n) is 3.48. The van der Waals surface area contributed by atoms with Gasteiger partial charge in [-0.1, -0.05) is 0 Å². The third kappa shape index (κ3) is 1.55. The number of imidazole rings is 1. The molecule has 3 heterocycles. The van der Waals surface area contributed by atoms with Crippen LogP contribution in [0.1, 0.15) is 11.4 Å². The van der Waals surface area contributed by atoms with Crippen molar-refractivity contribution in [2.75, 3.05) is 0 Å². The Morgan fingerprint density at radius 3 is 3.07 bits per heavy atom. The molecular formula is C10H10N4S. The summed E-state index contributed by atoms with van der Waals surface area (Å²) in [7, 11) is 0. The van der Waals surface area contributed by atoms with E-state index in [0.717, 1.165) is 22.9 Å². The zero-order valence-electron chi connectivity index (χ0n) is 8.29. The second kappa shape index (κ2) is 3.20. The highest BCUT2D eigenvalue weighted by atomic mass is 32.1. The van der Waals surface area contributed by atoms with Gasteiger partial charge in [0, 0.05) is 24.0 Å². The van der Waals surface area contributed by atoms with E-state index in [4.69, 9.17) is 0 Å². The van der Waals surface area contributed by atoms with E-state index in [1.54, 1.807) is 11.3 Å². The SMILES string of the molecule is Cc1ccn(Cc2cn3ccsc3n2)n1. The van der Waals surface area contributed by atoms with Gasteiger partial charge in [-0.25, -0.2) is 4.98 Å². The predicted molar refractivity (Wildman–Crippen MR) is 59.1 cm³/mol. The van der Waals surface area contributed by atoms with Crippen LogP contribution in [0.4, 0.5) is 0 Å². The molecule has 3 rings (SSSR count). The minimum absolute atomic E-state index is 0.738. The summed E-state index contributed by atoms with van der Waals surface area (Å²) in [4.78, 5) is 5.53. The fourth-order valence-electron chi connectivity index (χ4n) is 1.57. The first-order chi connectivity index (χ1) is 7.31. The normalized spacial score (nSPS) is 11.3. The highest BCUT2D eigenvalue weighted by Crippen LogP contribution is 2.12. The summed E-state index contributed by atoms with van der Waals surface area (Å²) in [6, 6.07) is 2.00. The lowest BCUT2D eigenvalue weighted by molar-refractivity contribution is 0.669. The zero-order valence-corrected chi connectivity index (χ0v) is 9.11. The summed E-state index contributed by atoms with van der Waals surface area (Å²) in [6.45, 7) is 2.73. The first-order valence-electron chi connectivity index (χ1n) is 4.72. The minimum atomic E-state index is 0.738. The number of fused-ring (bicyclic) bond motifs is 1. The molecule has 0 aliphatic carbocycles. The van der Waals surface area contributed by atoms with E-state index in [1.165, 1.54) is 0 Å². The fourth-order valence-corrected chi connectivity index (χ4v) is 2.29. The molecule has 0 radical (unpaired) electrons. The Labute approximate surface area is 90.8 Å². The van der Waals surface area contributed by atoms with E-state index >= 15 is 0 Å². The maximum atomic E-state index is 4.50. The smallest absolute Gasteiger partial charge is 0.193 e. The van der Waals surface area contributed by atoms with Gasteiger partial charge in [0.25, 0.3) is 0 Å². The van der Waals surface area contributed by atoms with Gasteiger partial charge in [-0.2, -0.15) is 5.10 Å². The van der Waals surface area contributed by atoms with Gasteiger partial charge in [0.1, 0.15) is 0 Å². The van der Waals surface area contributed by atoms with Crippen molar-refractivity contribution in [3.63, 3.8) is 0 Å². The number of rotatable bonds is 2. The van der Waals surface area contributed by atoms with Crippen LogP contribution in [0.15, 0.2) is 30.0 Å². The summed E-state index contributed by atoms with van der Waals surface area (Å²) in [5, 5.41) is 6.36. The first-order valence-corrected chi connectivity index (χ1v) is 5.60. The van der Waals surface area contributed by atoms with Crippen LogP contribution in [0.3, 0.4) is 0 Å². The van der Waals surface area contributed by atoms with Crippen LogP contribution in [0, 0.1) is 6.92 Å². The first kappa shape index (κ1) is 8.67. The molecular weight excluding hydrogens is 208 g/mol. The van der Waals surface area contributed by atoms with Gasteiger partial charge in [0.15, 0.2) is 4.96 Å². The van der Waals surface area contributed by atoms with Crippen LogP contribution in [-0.2, 0) is 6.54 Å². The van der Waals surface area contributed by atoms with Crippen LogP contribution in [-0.4, -0.2) is 19.2 Å². The maximum absolute atomic E-state index is 4.50. The number of aromatic nitrogens is 4. The van der Waals surface area contributed by atoms with Gasteiger partial charge in [-0.3, -0.25) is 9.08 Å². The van der Waals surface area contributed by atoms with Crippen molar-refractivity contribution in [3.05, 3.63) is 41.4 Å². The van der Waals surface area contributed by atoms with Gasteiger partial charge in [-0.05, 0) is 13.0 Å².